The van der Waals surface area contributed by atoms with Crippen molar-refractivity contribution in [1.82, 2.24) is 5.32 Å². The van der Waals surface area contributed by atoms with Gasteiger partial charge in [-0.15, -0.1) is 0 Å². The Morgan fingerprint density at radius 1 is 0.889 bits per heavy atom. The largest absolute Gasteiger partial charge is 0.493 e. The highest BCUT2D eigenvalue weighted by atomic mass is 32.1. The topological polar surface area (TPSA) is 77.1 Å². The molecular formula is C28H26N2O5S. The Morgan fingerprint density at radius 3 is 2.22 bits per heavy atom. The van der Waals surface area contributed by atoms with Gasteiger partial charge in [0, 0.05) is 11.1 Å². The molecule has 4 rings (SSSR count). The number of anilines is 1. The molecule has 7 nitrogen and oxygen atoms in total. The Hall–Kier alpha value is -4.17. The first-order chi connectivity index (χ1) is 17.4. The SMILES string of the molecule is CCOc1ccc(/C=C2\C(=O)NC(=S)N(c3ccc(Oc4ccccc4)cc3)C2=O)c(OCC)c1C. The van der Waals surface area contributed by atoms with Crippen LogP contribution in [0.5, 0.6) is 23.0 Å². The summed E-state index contributed by atoms with van der Waals surface area (Å²) in [6.45, 7) is 6.57. The first kappa shape index (κ1) is 24.9. The summed E-state index contributed by atoms with van der Waals surface area (Å²) in [5, 5.41) is 2.62. The number of rotatable bonds is 8. The van der Waals surface area contributed by atoms with Crippen molar-refractivity contribution >= 4 is 40.9 Å². The Bertz CT molecular complexity index is 1320. The number of benzene rings is 3. The van der Waals surface area contributed by atoms with Gasteiger partial charge >= 0.3 is 0 Å². The quantitative estimate of drug-likeness (QED) is 0.252. The molecule has 1 fully saturated rings. The van der Waals surface area contributed by atoms with Gasteiger partial charge in [0.05, 0.1) is 18.9 Å². The van der Waals surface area contributed by atoms with E-state index in [0.717, 1.165) is 5.56 Å². The molecule has 184 valence electrons. The van der Waals surface area contributed by atoms with E-state index in [4.69, 9.17) is 26.4 Å². The highest BCUT2D eigenvalue weighted by molar-refractivity contribution is 7.80. The molecule has 0 radical (unpaired) electrons. The standard InChI is InChI=1S/C28H26N2O5S/c1-4-33-24-16-11-19(25(18(24)3)34-5-2)17-23-26(31)29-28(36)30(27(23)32)20-12-14-22(15-13-20)35-21-9-7-6-8-10-21/h6-17H,4-5H2,1-3H3,(H,29,31,36)/b23-17+. The Kier molecular flexibility index (Phi) is 7.65. The lowest BCUT2D eigenvalue weighted by Crippen LogP contribution is -2.54. The number of nitrogens with zero attached hydrogens (tertiary/aromatic N) is 1. The van der Waals surface area contributed by atoms with Crippen molar-refractivity contribution < 1.29 is 23.8 Å². The molecule has 0 spiro atoms. The molecule has 0 aliphatic carbocycles. The van der Waals surface area contributed by atoms with Gasteiger partial charge < -0.3 is 14.2 Å². The zero-order chi connectivity index (χ0) is 25.7. The molecule has 3 aromatic rings. The van der Waals surface area contributed by atoms with Crippen LogP contribution in [0.25, 0.3) is 6.08 Å². The van der Waals surface area contributed by atoms with Crippen molar-refractivity contribution in [3.05, 3.63) is 83.4 Å². The van der Waals surface area contributed by atoms with Crippen molar-refractivity contribution in [2.24, 2.45) is 0 Å². The summed E-state index contributed by atoms with van der Waals surface area (Å²) in [6.07, 6.45) is 1.52. The number of amides is 2. The second-order valence-corrected chi connectivity index (χ2v) is 8.23. The van der Waals surface area contributed by atoms with Gasteiger partial charge in [-0.3, -0.25) is 19.8 Å². The van der Waals surface area contributed by atoms with Gasteiger partial charge in [0.15, 0.2) is 5.11 Å². The Labute approximate surface area is 215 Å². The molecule has 3 aromatic carbocycles. The van der Waals surface area contributed by atoms with Gasteiger partial charge in [-0.25, -0.2) is 0 Å². The predicted molar refractivity (Wildman–Crippen MR) is 143 cm³/mol. The van der Waals surface area contributed by atoms with E-state index >= 15 is 0 Å². The smallest absolute Gasteiger partial charge is 0.270 e. The second kappa shape index (κ2) is 11.0. The third-order valence-electron chi connectivity index (χ3n) is 5.45. The van der Waals surface area contributed by atoms with E-state index in [1.54, 1.807) is 36.4 Å². The maximum atomic E-state index is 13.5. The first-order valence-corrected chi connectivity index (χ1v) is 12.0. The van der Waals surface area contributed by atoms with E-state index in [2.05, 4.69) is 5.32 Å². The van der Waals surface area contributed by atoms with Gasteiger partial charge in [0.2, 0.25) is 0 Å². The molecule has 1 saturated heterocycles. The van der Waals surface area contributed by atoms with E-state index in [0.29, 0.717) is 47.5 Å². The van der Waals surface area contributed by atoms with Crippen LogP contribution in [0, 0.1) is 6.92 Å². The fraction of sp³-hybridized carbons (Fsp3) is 0.179. The number of carbonyl (C=O) groups excluding carboxylic acids is 2. The zero-order valence-corrected chi connectivity index (χ0v) is 21.1. The summed E-state index contributed by atoms with van der Waals surface area (Å²) in [5.74, 6) is 1.44. The van der Waals surface area contributed by atoms with Crippen LogP contribution in [0.2, 0.25) is 0 Å². The molecule has 1 aliphatic rings. The molecule has 2 amide bonds. The lowest BCUT2D eigenvalue weighted by Gasteiger charge is -2.29. The fourth-order valence-electron chi connectivity index (χ4n) is 3.79. The van der Waals surface area contributed by atoms with E-state index in [-0.39, 0.29) is 10.7 Å². The summed E-state index contributed by atoms with van der Waals surface area (Å²) in [4.78, 5) is 27.5. The molecular weight excluding hydrogens is 476 g/mol. The van der Waals surface area contributed by atoms with Gasteiger partial charge in [0.1, 0.15) is 28.6 Å². The van der Waals surface area contributed by atoms with Crippen LogP contribution >= 0.6 is 12.2 Å². The van der Waals surface area contributed by atoms with Crippen LogP contribution in [0.3, 0.4) is 0 Å². The number of hydrogen-bond donors (Lipinski definition) is 1. The molecule has 0 aromatic heterocycles. The Balaban J connectivity index is 1.65. The molecule has 0 unspecified atom stereocenters. The average molecular weight is 503 g/mol. The molecule has 8 heteroatoms. The van der Waals surface area contributed by atoms with E-state index in [9.17, 15) is 9.59 Å². The maximum Gasteiger partial charge on any atom is 0.270 e. The fourth-order valence-corrected chi connectivity index (χ4v) is 4.07. The van der Waals surface area contributed by atoms with E-state index in [1.807, 2.05) is 51.1 Å². The monoisotopic (exact) mass is 502 g/mol. The summed E-state index contributed by atoms with van der Waals surface area (Å²) >= 11 is 5.33. The van der Waals surface area contributed by atoms with Crippen LogP contribution in [0.4, 0.5) is 5.69 Å². The molecule has 0 bridgehead atoms. The van der Waals surface area contributed by atoms with Gasteiger partial charge in [-0.05, 0) is 87.6 Å². The maximum absolute atomic E-state index is 13.5. The molecule has 36 heavy (non-hydrogen) atoms. The first-order valence-electron chi connectivity index (χ1n) is 11.6. The number of carbonyl (C=O) groups is 2. The summed E-state index contributed by atoms with van der Waals surface area (Å²) in [6, 6.07) is 19.8. The van der Waals surface area contributed by atoms with Crippen molar-refractivity contribution in [1.29, 1.82) is 0 Å². The molecule has 1 N–H and O–H groups in total. The van der Waals surface area contributed by atoms with Crippen molar-refractivity contribution in [3.8, 4) is 23.0 Å². The molecule has 0 saturated carbocycles. The van der Waals surface area contributed by atoms with Gasteiger partial charge in [0.25, 0.3) is 11.8 Å². The normalized spacial score (nSPS) is 14.6. The minimum Gasteiger partial charge on any atom is -0.493 e. The minimum atomic E-state index is -0.570. The third kappa shape index (κ3) is 5.23. The minimum absolute atomic E-state index is 0.00628. The van der Waals surface area contributed by atoms with Gasteiger partial charge in [-0.1, -0.05) is 18.2 Å². The highest BCUT2D eigenvalue weighted by Crippen LogP contribution is 2.34. The molecule has 1 aliphatic heterocycles. The van der Waals surface area contributed by atoms with Crippen molar-refractivity contribution in [2.75, 3.05) is 18.1 Å². The van der Waals surface area contributed by atoms with Crippen LogP contribution < -0.4 is 24.4 Å². The van der Waals surface area contributed by atoms with Crippen LogP contribution in [0.1, 0.15) is 25.0 Å². The summed E-state index contributed by atoms with van der Waals surface area (Å²) in [7, 11) is 0. The predicted octanol–water partition coefficient (Wildman–Crippen LogP) is 5.42. The van der Waals surface area contributed by atoms with Crippen molar-refractivity contribution in [3.63, 3.8) is 0 Å². The number of para-hydroxylation sites is 1. The summed E-state index contributed by atoms with van der Waals surface area (Å²) in [5.41, 5.74) is 1.83. The third-order valence-corrected chi connectivity index (χ3v) is 5.74. The molecule has 1 heterocycles. The Morgan fingerprint density at radius 2 is 1.56 bits per heavy atom. The van der Waals surface area contributed by atoms with Crippen LogP contribution in [0.15, 0.2) is 72.3 Å². The van der Waals surface area contributed by atoms with E-state index < -0.39 is 11.8 Å². The average Bonchev–Trinajstić information content (AvgIpc) is 2.87. The highest BCUT2D eigenvalue weighted by Gasteiger charge is 2.34. The number of hydrogen-bond acceptors (Lipinski definition) is 6. The van der Waals surface area contributed by atoms with Crippen molar-refractivity contribution in [2.45, 2.75) is 20.8 Å². The van der Waals surface area contributed by atoms with E-state index in [1.165, 1.54) is 11.0 Å². The number of ether oxygens (including phenoxy) is 3. The number of nitrogens with one attached hydrogen (secondary N) is 1. The van der Waals surface area contributed by atoms with Gasteiger partial charge in [-0.2, -0.15) is 0 Å². The number of thiocarbonyl (C=S) groups is 1. The lowest BCUT2D eigenvalue weighted by molar-refractivity contribution is -0.122. The van der Waals surface area contributed by atoms with Crippen LogP contribution in [-0.2, 0) is 9.59 Å². The lowest BCUT2D eigenvalue weighted by atomic mass is 10.0. The zero-order valence-electron chi connectivity index (χ0n) is 20.2. The second-order valence-electron chi connectivity index (χ2n) is 7.84. The molecule has 0 atom stereocenters. The van der Waals surface area contributed by atoms with Crippen LogP contribution in [-0.4, -0.2) is 30.1 Å². The summed E-state index contributed by atoms with van der Waals surface area (Å²) < 4.78 is 17.3.